The molecule has 2 aromatic heterocycles. The Labute approximate surface area is 152 Å². The maximum Gasteiger partial charge on any atom is 0.224 e. The first-order valence-electron chi connectivity index (χ1n) is 8.20. The van der Waals surface area contributed by atoms with E-state index in [2.05, 4.69) is 25.6 Å². The molecule has 3 rings (SSSR count). The van der Waals surface area contributed by atoms with Crippen LogP contribution in [0.4, 0.5) is 11.8 Å². The van der Waals surface area contributed by atoms with E-state index < -0.39 is 0 Å². The Bertz CT molecular complexity index is 842. The van der Waals surface area contributed by atoms with Crippen LogP contribution >= 0.6 is 0 Å². The summed E-state index contributed by atoms with van der Waals surface area (Å²) in [6, 6.07) is 13.4. The van der Waals surface area contributed by atoms with Crippen LogP contribution < -0.4 is 20.1 Å². The van der Waals surface area contributed by atoms with Crippen molar-refractivity contribution in [2.45, 2.75) is 13.1 Å². The van der Waals surface area contributed by atoms with E-state index in [0.29, 0.717) is 30.5 Å². The maximum atomic E-state index is 5.32. The van der Waals surface area contributed by atoms with Crippen molar-refractivity contribution in [3.8, 4) is 11.5 Å². The molecule has 26 heavy (non-hydrogen) atoms. The van der Waals surface area contributed by atoms with E-state index in [1.807, 2.05) is 42.5 Å². The average Bonchev–Trinajstić information content (AvgIpc) is 2.71. The zero-order valence-electron chi connectivity index (χ0n) is 14.8. The Morgan fingerprint density at radius 2 is 1.73 bits per heavy atom. The van der Waals surface area contributed by atoms with Gasteiger partial charge in [-0.1, -0.05) is 12.1 Å². The molecule has 7 heteroatoms. The largest absolute Gasteiger partial charge is 0.493 e. The first kappa shape index (κ1) is 17.5. The van der Waals surface area contributed by atoms with Crippen LogP contribution in [0.15, 0.2) is 54.9 Å². The molecule has 0 amide bonds. The summed E-state index contributed by atoms with van der Waals surface area (Å²) < 4.78 is 10.6. The number of anilines is 2. The third-order valence-corrected chi connectivity index (χ3v) is 3.73. The van der Waals surface area contributed by atoms with Gasteiger partial charge in [0.15, 0.2) is 11.5 Å². The summed E-state index contributed by atoms with van der Waals surface area (Å²) in [5.41, 5.74) is 1.99. The van der Waals surface area contributed by atoms with Crippen LogP contribution in [0.1, 0.15) is 11.3 Å². The molecule has 0 atom stereocenters. The van der Waals surface area contributed by atoms with E-state index in [4.69, 9.17) is 9.47 Å². The van der Waals surface area contributed by atoms with Crippen LogP contribution in [0.25, 0.3) is 0 Å². The molecule has 0 unspecified atom stereocenters. The van der Waals surface area contributed by atoms with Crippen molar-refractivity contribution in [2.75, 3.05) is 24.9 Å². The number of aromatic nitrogens is 3. The normalized spacial score (nSPS) is 10.2. The summed E-state index contributed by atoms with van der Waals surface area (Å²) in [6.07, 6.45) is 3.48. The lowest BCUT2D eigenvalue weighted by Crippen LogP contribution is -2.07. The minimum absolute atomic E-state index is 0.547. The Morgan fingerprint density at radius 3 is 2.50 bits per heavy atom. The molecule has 0 saturated heterocycles. The van der Waals surface area contributed by atoms with Gasteiger partial charge in [0, 0.05) is 18.9 Å². The molecule has 7 nitrogen and oxygen atoms in total. The van der Waals surface area contributed by atoms with Gasteiger partial charge in [0.2, 0.25) is 5.95 Å². The molecule has 0 aliphatic heterocycles. The van der Waals surface area contributed by atoms with Crippen LogP contribution in [0, 0.1) is 0 Å². The fourth-order valence-corrected chi connectivity index (χ4v) is 2.40. The molecule has 0 aliphatic rings. The zero-order valence-corrected chi connectivity index (χ0v) is 14.8. The molecule has 0 radical (unpaired) electrons. The summed E-state index contributed by atoms with van der Waals surface area (Å²) in [7, 11) is 3.24. The van der Waals surface area contributed by atoms with Gasteiger partial charge in [0.25, 0.3) is 0 Å². The lowest BCUT2D eigenvalue weighted by atomic mass is 10.2. The topological polar surface area (TPSA) is 81.2 Å². The van der Waals surface area contributed by atoms with Gasteiger partial charge in [-0.2, -0.15) is 4.98 Å². The Hall–Kier alpha value is -3.35. The second-order valence-electron chi connectivity index (χ2n) is 5.48. The Morgan fingerprint density at radius 1 is 0.846 bits per heavy atom. The van der Waals surface area contributed by atoms with Crippen molar-refractivity contribution in [3.63, 3.8) is 0 Å². The quantitative estimate of drug-likeness (QED) is 0.645. The second kappa shape index (κ2) is 8.66. The first-order chi connectivity index (χ1) is 12.8. The van der Waals surface area contributed by atoms with Gasteiger partial charge in [0.1, 0.15) is 5.82 Å². The van der Waals surface area contributed by atoms with Crippen molar-refractivity contribution in [3.05, 3.63) is 66.1 Å². The van der Waals surface area contributed by atoms with Gasteiger partial charge < -0.3 is 20.1 Å². The van der Waals surface area contributed by atoms with Crippen LogP contribution in [0.5, 0.6) is 11.5 Å². The first-order valence-corrected chi connectivity index (χ1v) is 8.20. The van der Waals surface area contributed by atoms with Crippen molar-refractivity contribution in [1.82, 2.24) is 15.0 Å². The average molecular weight is 351 g/mol. The minimum Gasteiger partial charge on any atom is -0.493 e. The standard InChI is InChI=1S/C19H21N5O2/c1-25-16-7-6-14(11-17(16)26-2)12-23-19-21-10-8-18(24-19)22-13-15-5-3-4-9-20-15/h3-11H,12-13H2,1-2H3,(H2,21,22,23,24). The third kappa shape index (κ3) is 4.60. The number of nitrogens with one attached hydrogen (secondary N) is 2. The van der Waals surface area contributed by atoms with Crippen LogP contribution in [0.3, 0.4) is 0 Å². The molecule has 0 aliphatic carbocycles. The molecule has 0 fully saturated rings. The molecule has 134 valence electrons. The fourth-order valence-electron chi connectivity index (χ4n) is 2.40. The summed E-state index contributed by atoms with van der Waals surface area (Å²) in [4.78, 5) is 13.0. The molecular formula is C19H21N5O2. The van der Waals surface area contributed by atoms with E-state index in [1.54, 1.807) is 26.6 Å². The van der Waals surface area contributed by atoms with Crippen LogP contribution in [0.2, 0.25) is 0 Å². The van der Waals surface area contributed by atoms with Gasteiger partial charge in [0.05, 0.1) is 26.5 Å². The number of pyridine rings is 1. The Balaban J connectivity index is 1.60. The highest BCUT2D eigenvalue weighted by Gasteiger charge is 2.05. The highest BCUT2D eigenvalue weighted by atomic mass is 16.5. The van der Waals surface area contributed by atoms with Gasteiger partial charge in [-0.3, -0.25) is 4.98 Å². The number of benzene rings is 1. The van der Waals surface area contributed by atoms with E-state index in [9.17, 15) is 0 Å². The number of methoxy groups -OCH3 is 2. The predicted octanol–water partition coefficient (Wildman–Crippen LogP) is 3.11. The van der Waals surface area contributed by atoms with E-state index in [0.717, 1.165) is 17.1 Å². The molecule has 2 N–H and O–H groups in total. The molecular weight excluding hydrogens is 330 g/mol. The third-order valence-electron chi connectivity index (χ3n) is 3.73. The highest BCUT2D eigenvalue weighted by molar-refractivity contribution is 5.44. The second-order valence-corrected chi connectivity index (χ2v) is 5.48. The summed E-state index contributed by atoms with van der Waals surface area (Å²) in [5, 5.41) is 6.46. The lowest BCUT2D eigenvalue weighted by Gasteiger charge is -2.11. The SMILES string of the molecule is COc1ccc(CNc2nccc(NCc3ccccn3)n2)cc1OC. The number of rotatable bonds is 8. The van der Waals surface area contributed by atoms with Gasteiger partial charge in [-0.05, 0) is 35.9 Å². The van der Waals surface area contributed by atoms with Crippen LogP contribution in [-0.4, -0.2) is 29.2 Å². The smallest absolute Gasteiger partial charge is 0.224 e. The Kier molecular flexibility index (Phi) is 5.82. The van der Waals surface area contributed by atoms with Crippen molar-refractivity contribution in [2.24, 2.45) is 0 Å². The summed E-state index contributed by atoms with van der Waals surface area (Å²) in [5.74, 6) is 2.68. The van der Waals surface area contributed by atoms with Crippen LogP contribution in [-0.2, 0) is 13.1 Å². The predicted molar refractivity (Wildman–Crippen MR) is 100 cm³/mol. The number of hydrogen-bond acceptors (Lipinski definition) is 7. The van der Waals surface area contributed by atoms with E-state index in [-0.39, 0.29) is 0 Å². The van der Waals surface area contributed by atoms with Gasteiger partial charge in [-0.15, -0.1) is 0 Å². The molecule has 1 aromatic carbocycles. The van der Waals surface area contributed by atoms with Crippen molar-refractivity contribution in [1.29, 1.82) is 0 Å². The highest BCUT2D eigenvalue weighted by Crippen LogP contribution is 2.27. The summed E-state index contributed by atoms with van der Waals surface area (Å²) >= 11 is 0. The molecule has 3 aromatic rings. The van der Waals surface area contributed by atoms with E-state index in [1.165, 1.54) is 0 Å². The monoisotopic (exact) mass is 351 g/mol. The lowest BCUT2D eigenvalue weighted by molar-refractivity contribution is 0.354. The van der Waals surface area contributed by atoms with Gasteiger partial charge in [-0.25, -0.2) is 4.98 Å². The molecule has 0 saturated carbocycles. The van der Waals surface area contributed by atoms with Gasteiger partial charge >= 0.3 is 0 Å². The molecule has 2 heterocycles. The number of ether oxygens (including phenoxy) is 2. The minimum atomic E-state index is 0.547. The maximum absolute atomic E-state index is 5.32. The number of nitrogens with zero attached hydrogens (tertiary/aromatic N) is 3. The summed E-state index contributed by atoms with van der Waals surface area (Å²) in [6.45, 7) is 1.18. The van der Waals surface area contributed by atoms with Crippen molar-refractivity contribution >= 4 is 11.8 Å². The number of hydrogen-bond donors (Lipinski definition) is 2. The molecule has 0 bridgehead atoms. The molecule has 0 spiro atoms. The van der Waals surface area contributed by atoms with E-state index >= 15 is 0 Å². The zero-order chi connectivity index (χ0) is 18.2. The van der Waals surface area contributed by atoms with Crippen molar-refractivity contribution < 1.29 is 9.47 Å². The fraction of sp³-hybridized carbons (Fsp3) is 0.211.